The number of aliphatic carboxylic acids is 1. The SMILES string of the molecule is O=C(O)CCC(=O)N(C1CC1)[C@@]12CC[C@@H]1Cc1ccc(Cl)cc1N2. The molecule has 1 heterocycles. The first kappa shape index (κ1) is 15.8. The summed E-state index contributed by atoms with van der Waals surface area (Å²) in [6.45, 7) is 0. The van der Waals surface area contributed by atoms with Crippen molar-refractivity contribution in [1.82, 2.24) is 4.90 Å². The van der Waals surface area contributed by atoms with Gasteiger partial charge >= 0.3 is 5.97 Å². The molecule has 1 aromatic rings. The number of halogens is 1. The van der Waals surface area contributed by atoms with Gasteiger partial charge in [0.25, 0.3) is 0 Å². The van der Waals surface area contributed by atoms with E-state index in [1.54, 1.807) is 0 Å². The highest BCUT2D eigenvalue weighted by atomic mass is 35.5. The zero-order valence-corrected chi connectivity index (χ0v) is 14.2. The Balaban J connectivity index is 1.63. The van der Waals surface area contributed by atoms with Gasteiger partial charge in [0.1, 0.15) is 5.66 Å². The van der Waals surface area contributed by atoms with Crippen LogP contribution in [-0.4, -0.2) is 33.6 Å². The van der Waals surface area contributed by atoms with Gasteiger partial charge in [0.2, 0.25) is 5.91 Å². The molecule has 0 bridgehead atoms. The molecular formula is C18H21ClN2O3. The summed E-state index contributed by atoms with van der Waals surface area (Å²) in [7, 11) is 0. The highest BCUT2D eigenvalue weighted by Gasteiger charge is 2.57. The number of nitrogens with zero attached hydrogens (tertiary/aromatic N) is 1. The summed E-state index contributed by atoms with van der Waals surface area (Å²) >= 11 is 6.14. The maximum absolute atomic E-state index is 12.8. The molecule has 1 aromatic carbocycles. The van der Waals surface area contributed by atoms with Crippen LogP contribution in [0.4, 0.5) is 5.69 Å². The van der Waals surface area contributed by atoms with Gasteiger partial charge in [0.05, 0.1) is 6.42 Å². The number of carboxylic acid groups (broad SMARTS) is 1. The number of hydrogen-bond donors (Lipinski definition) is 2. The van der Waals surface area contributed by atoms with Crippen molar-refractivity contribution in [3.8, 4) is 0 Å². The standard InChI is InChI=1S/C18H21ClN2O3/c19-13-2-1-11-9-12-7-8-18(12,20-15(11)10-13)21(14-3-4-14)16(22)5-6-17(23)24/h1-2,10,12,14,20H,3-9H2,(H,23,24)/t12-,18+/m1/s1. The van der Waals surface area contributed by atoms with E-state index in [-0.39, 0.29) is 30.5 Å². The van der Waals surface area contributed by atoms with Crippen molar-refractivity contribution in [3.63, 3.8) is 0 Å². The molecule has 0 radical (unpaired) electrons. The molecule has 2 fully saturated rings. The predicted octanol–water partition coefficient (Wildman–Crippen LogP) is 3.27. The van der Waals surface area contributed by atoms with Crippen LogP contribution in [0.2, 0.25) is 5.02 Å². The zero-order chi connectivity index (χ0) is 16.9. The molecule has 2 atom stereocenters. The second kappa shape index (κ2) is 5.66. The first-order chi connectivity index (χ1) is 11.5. The van der Waals surface area contributed by atoms with Gasteiger partial charge in [-0.2, -0.15) is 0 Å². The van der Waals surface area contributed by atoms with Gasteiger partial charge in [0, 0.05) is 29.1 Å². The molecule has 0 aromatic heterocycles. The van der Waals surface area contributed by atoms with Gasteiger partial charge in [-0.1, -0.05) is 17.7 Å². The molecule has 0 unspecified atom stereocenters. The third-order valence-corrected chi connectivity index (χ3v) is 5.84. The molecule has 4 rings (SSSR count). The molecular weight excluding hydrogens is 328 g/mol. The fourth-order valence-electron chi connectivity index (χ4n) is 4.20. The van der Waals surface area contributed by atoms with Crippen LogP contribution < -0.4 is 5.32 Å². The Labute approximate surface area is 146 Å². The fourth-order valence-corrected chi connectivity index (χ4v) is 4.37. The maximum atomic E-state index is 12.8. The Bertz CT molecular complexity index is 704. The van der Waals surface area contributed by atoms with E-state index in [2.05, 4.69) is 11.4 Å². The smallest absolute Gasteiger partial charge is 0.303 e. The minimum atomic E-state index is -0.921. The summed E-state index contributed by atoms with van der Waals surface area (Å²) in [4.78, 5) is 25.6. The third-order valence-electron chi connectivity index (χ3n) is 5.60. The van der Waals surface area contributed by atoms with E-state index >= 15 is 0 Å². The second-order valence-corrected chi connectivity index (χ2v) is 7.62. The van der Waals surface area contributed by atoms with Crippen LogP contribution in [0.1, 0.15) is 44.1 Å². The lowest BCUT2D eigenvalue weighted by molar-refractivity contribution is -0.149. The Hall–Kier alpha value is -1.75. The van der Waals surface area contributed by atoms with Crippen LogP contribution in [0.3, 0.4) is 0 Å². The summed E-state index contributed by atoms with van der Waals surface area (Å²) in [6, 6.07) is 6.15. The highest BCUT2D eigenvalue weighted by molar-refractivity contribution is 6.30. The van der Waals surface area contributed by atoms with Crippen LogP contribution in [0.25, 0.3) is 0 Å². The number of carbonyl (C=O) groups is 2. The van der Waals surface area contributed by atoms with Gasteiger partial charge in [-0.05, 0) is 49.8 Å². The van der Waals surface area contributed by atoms with Gasteiger partial charge in [0.15, 0.2) is 0 Å². The van der Waals surface area contributed by atoms with Gasteiger partial charge in [-0.3, -0.25) is 9.59 Å². The summed E-state index contributed by atoms with van der Waals surface area (Å²) in [5.41, 5.74) is 1.90. The second-order valence-electron chi connectivity index (χ2n) is 7.18. The Morgan fingerprint density at radius 3 is 2.71 bits per heavy atom. The van der Waals surface area contributed by atoms with Crippen molar-refractivity contribution in [2.24, 2.45) is 5.92 Å². The Morgan fingerprint density at radius 1 is 1.29 bits per heavy atom. The quantitative estimate of drug-likeness (QED) is 0.856. The van der Waals surface area contributed by atoms with Crippen molar-refractivity contribution < 1.29 is 14.7 Å². The first-order valence-electron chi connectivity index (χ1n) is 8.60. The lowest BCUT2D eigenvalue weighted by atomic mass is 9.66. The monoisotopic (exact) mass is 348 g/mol. The van der Waals surface area contributed by atoms with E-state index in [0.29, 0.717) is 10.9 Å². The molecule has 128 valence electrons. The number of carboxylic acids is 1. The first-order valence-corrected chi connectivity index (χ1v) is 8.98. The Kier molecular flexibility index (Phi) is 3.71. The lowest BCUT2D eigenvalue weighted by Crippen LogP contribution is -2.69. The topological polar surface area (TPSA) is 69.6 Å². The molecule has 5 nitrogen and oxygen atoms in total. The van der Waals surface area contributed by atoms with E-state index in [1.165, 1.54) is 5.56 Å². The van der Waals surface area contributed by atoms with Crippen LogP contribution in [0.5, 0.6) is 0 Å². The number of benzene rings is 1. The molecule has 2 aliphatic carbocycles. The summed E-state index contributed by atoms with van der Waals surface area (Å²) in [5.74, 6) is -0.571. The molecule has 24 heavy (non-hydrogen) atoms. The van der Waals surface area contributed by atoms with Crippen LogP contribution in [0, 0.1) is 5.92 Å². The molecule has 2 N–H and O–H groups in total. The minimum absolute atomic E-state index is 0.0393. The van der Waals surface area contributed by atoms with Crippen LogP contribution in [0.15, 0.2) is 18.2 Å². The maximum Gasteiger partial charge on any atom is 0.303 e. The molecule has 1 amide bonds. The van der Waals surface area contributed by atoms with E-state index in [4.69, 9.17) is 16.7 Å². The molecule has 0 spiro atoms. The summed E-state index contributed by atoms with van der Waals surface area (Å²) in [5, 5.41) is 13.2. The number of amides is 1. The van der Waals surface area contributed by atoms with Crippen molar-refractivity contribution in [2.75, 3.05) is 5.32 Å². The molecule has 3 aliphatic rings. The third kappa shape index (κ3) is 2.55. The van der Waals surface area contributed by atoms with Crippen molar-refractivity contribution in [1.29, 1.82) is 0 Å². The fraction of sp³-hybridized carbons (Fsp3) is 0.556. The predicted molar refractivity (Wildman–Crippen MR) is 91.0 cm³/mol. The molecule has 0 saturated heterocycles. The van der Waals surface area contributed by atoms with Crippen molar-refractivity contribution in [3.05, 3.63) is 28.8 Å². The largest absolute Gasteiger partial charge is 0.481 e. The van der Waals surface area contributed by atoms with E-state index in [1.807, 2.05) is 17.0 Å². The molecule has 6 heteroatoms. The number of carbonyl (C=O) groups excluding carboxylic acids is 1. The van der Waals surface area contributed by atoms with Gasteiger partial charge in [-0.15, -0.1) is 0 Å². The number of nitrogens with one attached hydrogen (secondary N) is 1. The number of rotatable bonds is 5. The average Bonchev–Trinajstić information content (AvgIpc) is 3.34. The van der Waals surface area contributed by atoms with E-state index in [0.717, 1.165) is 37.8 Å². The highest BCUT2D eigenvalue weighted by Crippen LogP contribution is 2.53. The normalized spacial score (nSPS) is 27.3. The Morgan fingerprint density at radius 2 is 2.08 bits per heavy atom. The van der Waals surface area contributed by atoms with Crippen LogP contribution in [-0.2, 0) is 16.0 Å². The number of fused-ring (bicyclic) bond motifs is 2. The lowest BCUT2D eigenvalue weighted by Gasteiger charge is -2.59. The van der Waals surface area contributed by atoms with Crippen LogP contribution >= 0.6 is 11.6 Å². The van der Waals surface area contributed by atoms with Gasteiger partial charge in [-0.25, -0.2) is 0 Å². The van der Waals surface area contributed by atoms with Crippen molar-refractivity contribution >= 4 is 29.2 Å². The van der Waals surface area contributed by atoms with Crippen molar-refractivity contribution in [2.45, 2.75) is 56.7 Å². The number of anilines is 1. The number of hydrogen-bond acceptors (Lipinski definition) is 3. The van der Waals surface area contributed by atoms with Gasteiger partial charge < -0.3 is 15.3 Å². The van der Waals surface area contributed by atoms with E-state index in [9.17, 15) is 9.59 Å². The summed E-state index contributed by atoms with van der Waals surface area (Å²) < 4.78 is 0. The molecule has 2 saturated carbocycles. The van der Waals surface area contributed by atoms with E-state index < -0.39 is 5.97 Å². The zero-order valence-electron chi connectivity index (χ0n) is 13.4. The summed E-state index contributed by atoms with van der Waals surface area (Å²) in [6.07, 6.45) is 4.93. The molecule has 1 aliphatic heterocycles. The minimum Gasteiger partial charge on any atom is -0.481 e. The average molecular weight is 349 g/mol.